The van der Waals surface area contributed by atoms with Crippen LogP contribution in [0.1, 0.15) is 25.7 Å². The highest BCUT2D eigenvalue weighted by atomic mass is 16.3. The molecular weight excluding hydrogens is 232 g/mol. The molecule has 1 rings (SSSR count). The SMILES string of the molecule is C=O.NCCCCCCN.Oc1ccc(O)cc1. The van der Waals surface area contributed by atoms with Gasteiger partial charge in [-0.25, -0.2) is 0 Å². The molecule has 0 bridgehead atoms. The van der Waals surface area contributed by atoms with Gasteiger partial charge in [0.2, 0.25) is 0 Å². The van der Waals surface area contributed by atoms with Crippen LogP contribution >= 0.6 is 0 Å². The highest BCUT2D eigenvalue weighted by Crippen LogP contribution is 2.13. The largest absolute Gasteiger partial charge is 0.508 e. The van der Waals surface area contributed by atoms with Crippen molar-refractivity contribution in [2.24, 2.45) is 11.5 Å². The Kier molecular flexibility index (Phi) is 16.1. The zero-order valence-corrected chi connectivity index (χ0v) is 10.7. The molecule has 5 heteroatoms. The molecular formula is C13H24N2O3. The van der Waals surface area contributed by atoms with Crippen LogP contribution in [0.15, 0.2) is 24.3 Å². The number of aromatic hydroxyl groups is 2. The Hall–Kier alpha value is -1.59. The van der Waals surface area contributed by atoms with Crippen LogP contribution in [-0.4, -0.2) is 30.1 Å². The second kappa shape index (κ2) is 15.4. The normalized spacial score (nSPS) is 8.56. The van der Waals surface area contributed by atoms with Crippen molar-refractivity contribution in [3.05, 3.63) is 24.3 Å². The molecule has 1 aromatic rings. The first kappa shape index (κ1) is 18.8. The average Bonchev–Trinajstić information content (AvgIpc) is 2.41. The third kappa shape index (κ3) is 14.4. The maximum absolute atomic E-state index is 8.65. The lowest BCUT2D eigenvalue weighted by molar-refractivity contribution is -0.0979. The number of benzene rings is 1. The molecule has 0 radical (unpaired) electrons. The molecule has 0 atom stereocenters. The number of hydrogen-bond acceptors (Lipinski definition) is 5. The number of carbonyl (C=O) groups excluding carboxylic acids is 1. The Balaban J connectivity index is 0. The van der Waals surface area contributed by atoms with Crippen molar-refractivity contribution in [2.45, 2.75) is 25.7 Å². The van der Waals surface area contributed by atoms with Gasteiger partial charge in [-0.2, -0.15) is 0 Å². The molecule has 18 heavy (non-hydrogen) atoms. The van der Waals surface area contributed by atoms with E-state index in [0.29, 0.717) is 0 Å². The number of hydrogen-bond donors (Lipinski definition) is 4. The first-order valence-corrected chi connectivity index (χ1v) is 5.87. The summed E-state index contributed by atoms with van der Waals surface area (Å²) in [6, 6.07) is 5.70. The van der Waals surface area contributed by atoms with Crippen molar-refractivity contribution < 1.29 is 15.0 Å². The standard InChI is InChI=1S/C6H16N2.C6H6O2.CH2O/c7-5-3-1-2-4-6-8;7-5-1-2-6(8)4-3-5;1-2/h1-8H2;1-4,7-8H;1H2. The molecule has 104 valence electrons. The van der Waals surface area contributed by atoms with E-state index in [1.807, 2.05) is 6.79 Å². The van der Waals surface area contributed by atoms with Gasteiger partial charge in [-0.3, -0.25) is 0 Å². The summed E-state index contributed by atoms with van der Waals surface area (Å²) < 4.78 is 0. The molecule has 1 aromatic carbocycles. The molecule has 0 aliphatic carbocycles. The number of unbranched alkanes of at least 4 members (excludes halogenated alkanes) is 3. The summed E-state index contributed by atoms with van der Waals surface area (Å²) >= 11 is 0. The predicted octanol–water partition coefficient (Wildman–Crippen LogP) is 1.38. The third-order valence-electron chi connectivity index (χ3n) is 2.01. The fourth-order valence-electron chi connectivity index (χ4n) is 1.09. The molecule has 0 saturated carbocycles. The van der Waals surface area contributed by atoms with Crippen LogP contribution in [0.4, 0.5) is 0 Å². The lowest BCUT2D eigenvalue weighted by Crippen LogP contribution is -2.00. The van der Waals surface area contributed by atoms with Crippen LogP contribution in [0, 0.1) is 0 Å². The van der Waals surface area contributed by atoms with E-state index >= 15 is 0 Å². The van der Waals surface area contributed by atoms with Crippen LogP contribution in [0.3, 0.4) is 0 Å². The van der Waals surface area contributed by atoms with Gasteiger partial charge in [0.25, 0.3) is 0 Å². The van der Waals surface area contributed by atoms with Crippen molar-refractivity contribution in [1.82, 2.24) is 0 Å². The number of carbonyl (C=O) groups is 1. The van der Waals surface area contributed by atoms with Crippen molar-refractivity contribution in [3.63, 3.8) is 0 Å². The van der Waals surface area contributed by atoms with E-state index in [1.165, 1.54) is 37.1 Å². The second-order valence-corrected chi connectivity index (χ2v) is 3.51. The van der Waals surface area contributed by atoms with E-state index in [9.17, 15) is 0 Å². The summed E-state index contributed by atoms with van der Waals surface area (Å²) in [4.78, 5) is 8.00. The van der Waals surface area contributed by atoms with Gasteiger partial charge >= 0.3 is 0 Å². The molecule has 0 amide bonds. The number of nitrogens with two attached hydrogens (primary N) is 2. The molecule has 0 fully saturated rings. The van der Waals surface area contributed by atoms with Crippen LogP contribution < -0.4 is 11.5 Å². The summed E-state index contributed by atoms with van der Waals surface area (Å²) in [5.41, 5.74) is 10.6. The number of rotatable bonds is 5. The van der Waals surface area contributed by atoms with Gasteiger partial charge in [-0.05, 0) is 50.2 Å². The van der Waals surface area contributed by atoms with Crippen molar-refractivity contribution in [2.75, 3.05) is 13.1 Å². The van der Waals surface area contributed by atoms with Crippen molar-refractivity contribution in [3.8, 4) is 11.5 Å². The highest BCUT2D eigenvalue weighted by molar-refractivity contribution is 5.28. The Bertz CT molecular complexity index is 238. The van der Waals surface area contributed by atoms with Gasteiger partial charge in [0, 0.05) is 0 Å². The van der Waals surface area contributed by atoms with Gasteiger partial charge in [0.1, 0.15) is 18.3 Å². The minimum absolute atomic E-state index is 0.169. The minimum Gasteiger partial charge on any atom is -0.508 e. The van der Waals surface area contributed by atoms with E-state index < -0.39 is 0 Å². The smallest absolute Gasteiger partial charge is 0.115 e. The highest BCUT2D eigenvalue weighted by Gasteiger charge is 1.84. The van der Waals surface area contributed by atoms with E-state index in [2.05, 4.69) is 0 Å². The van der Waals surface area contributed by atoms with Gasteiger partial charge < -0.3 is 26.5 Å². The van der Waals surface area contributed by atoms with Crippen molar-refractivity contribution >= 4 is 6.79 Å². The Morgan fingerprint density at radius 3 is 1.28 bits per heavy atom. The number of phenolic OH excluding ortho intramolecular Hbond substituents is 2. The molecule has 0 spiro atoms. The maximum Gasteiger partial charge on any atom is 0.115 e. The fraction of sp³-hybridized carbons (Fsp3) is 0.462. The summed E-state index contributed by atoms with van der Waals surface area (Å²) in [6.45, 7) is 3.65. The predicted molar refractivity (Wildman–Crippen MR) is 73.5 cm³/mol. The zero-order chi connectivity index (χ0) is 14.2. The summed E-state index contributed by atoms with van der Waals surface area (Å²) in [7, 11) is 0. The molecule has 6 N–H and O–H groups in total. The van der Waals surface area contributed by atoms with E-state index in [1.54, 1.807) is 0 Å². The molecule has 0 aliphatic rings. The summed E-state index contributed by atoms with van der Waals surface area (Å²) in [6.07, 6.45) is 4.79. The van der Waals surface area contributed by atoms with E-state index in [-0.39, 0.29) is 11.5 Å². The van der Waals surface area contributed by atoms with Gasteiger partial charge in [0.05, 0.1) is 0 Å². The van der Waals surface area contributed by atoms with Gasteiger partial charge in [-0.1, -0.05) is 12.8 Å². The zero-order valence-electron chi connectivity index (χ0n) is 10.7. The van der Waals surface area contributed by atoms with Crippen molar-refractivity contribution in [1.29, 1.82) is 0 Å². The third-order valence-corrected chi connectivity index (χ3v) is 2.01. The Morgan fingerprint density at radius 1 is 0.778 bits per heavy atom. The molecule has 0 unspecified atom stereocenters. The first-order chi connectivity index (χ1) is 8.70. The van der Waals surface area contributed by atoms with Gasteiger partial charge in [-0.15, -0.1) is 0 Å². The van der Waals surface area contributed by atoms with Gasteiger partial charge in [0.15, 0.2) is 0 Å². The lowest BCUT2D eigenvalue weighted by Gasteiger charge is -1.94. The minimum atomic E-state index is 0.169. The van der Waals surface area contributed by atoms with Crippen LogP contribution in [-0.2, 0) is 4.79 Å². The summed E-state index contributed by atoms with van der Waals surface area (Å²) in [5.74, 6) is 0.339. The molecule has 0 heterocycles. The topological polar surface area (TPSA) is 110 Å². The first-order valence-electron chi connectivity index (χ1n) is 5.87. The Morgan fingerprint density at radius 2 is 1.06 bits per heavy atom. The molecule has 0 aromatic heterocycles. The molecule has 5 nitrogen and oxygen atoms in total. The van der Waals surface area contributed by atoms with Crippen LogP contribution in [0.2, 0.25) is 0 Å². The van der Waals surface area contributed by atoms with E-state index in [4.69, 9.17) is 26.5 Å². The average molecular weight is 256 g/mol. The fourth-order valence-corrected chi connectivity index (χ4v) is 1.09. The lowest BCUT2D eigenvalue weighted by atomic mass is 10.2. The summed E-state index contributed by atoms with van der Waals surface area (Å²) in [5, 5.41) is 17.3. The maximum atomic E-state index is 8.65. The van der Waals surface area contributed by atoms with Crippen LogP contribution in [0.25, 0.3) is 0 Å². The van der Waals surface area contributed by atoms with Crippen LogP contribution in [0.5, 0.6) is 11.5 Å². The molecule has 0 aliphatic heterocycles. The quantitative estimate of drug-likeness (QED) is 0.470. The van der Waals surface area contributed by atoms with E-state index in [0.717, 1.165) is 25.9 Å². The second-order valence-electron chi connectivity index (χ2n) is 3.51. The molecule has 0 saturated heterocycles. The Labute approximate surface area is 108 Å². The monoisotopic (exact) mass is 256 g/mol. The number of phenols is 2.